The van der Waals surface area contributed by atoms with Crippen molar-refractivity contribution in [1.29, 1.82) is 0 Å². The average molecular weight is 123 g/mol. The van der Waals surface area contributed by atoms with Crippen molar-refractivity contribution < 1.29 is 9.90 Å². The van der Waals surface area contributed by atoms with E-state index in [0.29, 0.717) is 0 Å². The molecule has 0 aliphatic rings. The molecule has 0 bridgehead atoms. The summed E-state index contributed by atoms with van der Waals surface area (Å²) in [6.07, 6.45) is 0. The van der Waals surface area contributed by atoms with Crippen LogP contribution in [0, 0.1) is 0 Å². The van der Waals surface area contributed by atoms with Gasteiger partial charge in [-0.25, -0.2) is 0 Å². The normalized spacial score (nSPS) is 18.3. The van der Waals surface area contributed by atoms with Gasteiger partial charge in [0.15, 0.2) is 10.8 Å². The Labute approximate surface area is 47.1 Å². The zero-order chi connectivity index (χ0) is 6.08. The molecule has 0 saturated carbocycles. The molecule has 0 aromatic heterocycles. The molecule has 7 heavy (non-hydrogen) atoms. The topological polar surface area (TPSA) is 37.3 Å². The van der Waals surface area contributed by atoms with Crippen LogP contribution in [-0.2, 0) is 4.79 Å². The molecule has 0 rings (SSSR count). The van der Waals surface area contributed by atoms with Gasteiger partial charge in [-0.1, -0.05) is 11.6 Å². The third kappa shape index (κ3) is 2.60. The van der Waals surface area contributed by atoms with E-state index in [-0.39, 0.29) is 0 Å². The van der Waals surface area contributed by atoms with E-state index in [1.54, 1.807) is 0 Å². The number of aliphatic hydroxyl groups is 1. The third-order valence-electron chi connectivity index (χ3n) is 0.643. The van der Waals surface area contributed by atoms with Gasteiger partial charge >= 0.3 is 0 Å². The van der Waals surface area contributed by atoms with Crippen LogP contribution < -0.4 is 0 Å². The fourth-order valence-electron chi connectivity index (χ4n) is 0. The molecule has 42 valence electrons. The van der Waals surface area contributed by atoms with Gasteiger partial charge in [0, 0.05) is 0 Å². The zero-order valence-electron chi connectivity index (χ0n) is 4.23. The summed E-state index contributed by atoms with van der Waals surface area (Å²) in [5.41, 5.74) is 0. The maximum atomic E-state index is 10.1. The van der Waals surface area contributed by atoms with Crippen molar-refractivity contribution in [3.05, 3.63) is 0 Å². The smallest absolute Gasteiger partial charge is 0.194 e. The number of rotatable bonds is 1. The Balaban J connectivity index is 3.79. The lowest BCUT2D eigenvalue weighted by Crippen LogP contribution is -2.24. The molecule has 0 aliphatic carbocycles. The Morgan fingerprint density at radius 3 is 2.00 bits per heavy atom. The molecule has 0 aliphatic heterocycles. The van der Waals surface area contributed by atoms with Gasteiger partial charge in [-0.05, 0) is 13.8 Å². The largest absolute Gasteiger partial charge is 0.369 e. The molecule has 0 aromatic rings. The van der Waals surface area contributed by atoms with Crippen LogP contribution in [-0.4, -0.2) is 16.0 Å². The number of carbonyl (C=O) groups is 1. The molecular weight excluding hydrogens is 115 g/mol. The van der Waals surface area contributed by atoms with Crippen molar-refractivity contribution in [2.75, 3.05) is 0 Å². The Bertz CT molecular complexity index is 82.2. The molecule has 1 unspecified atom stereocenters. The number of halogens is 1. The molecule has 2 nitrogen and oxygen atoms in total. The number of carbonyl (C=O) groups excluding carboxylic acids is 1. The minimum atomic E-state index is -1.67. The highest BCUT2D eigenvalue weighted by Crippen LogP contribution is 2.08. The first-order chi connectivity index (χ1) is 2.94. The summed E-state index contributed by atoms with van der Waals surface area (Å²) in [6, 6.07) is 0. The van der Waals surface area contributed by atoms with Gasteiger partial charge in [0.1, 0.15) is 0 Å². The molecule has 0 saturated heterocycles. The summed E-state index contributed by atoms with van der Waals surface area (Å²) in [5, 5.41) is 6.84. The molecule has 0 spiro atoms. The van der Waals surface area contributed by atoms with E-state index in [1.165, 1.54) is 13.8 Å². The molecule has 0 amide bonds. The van der Waals surface area contributed by atoms with E-state index >= 15 is 0 Å². The van der Waals surface area contributed by atoms with Crippen molar-refractivity contribution in [3.63, 3.8) is 0 Å². The van der Waals surface area contributed by atoms with Gasteiger partial charge in [-0.3, -0.25) is 4.79 Å². The van der Waals surface area contributed by atoms with E-state index < -0.39 is 10.8 Å². The standard InChI is InChI=1S/C4H7ClO2/c1-3(6)4(2,5)7/h7H,1-2H3. The van der Waals surface area contributed by atoms with Gasteiger partial charge < -0.3 is 5.11 Å². The first kappa shape index (κ1) is 6.92. The van der Waals surface area contributed by atoms with Crippen LogP contribution in [0.15, 0.2) is 0 Å². The Kier molecular flexibility index (Phi) is 1.78. The maximum Gasteiger partial charge on any atom is 0.194 e. The van der Waals surface area contributed by atoms with Gasteiger partial charge in [0.05, 0.1) is 0 Å². The Hall–Kier alpha value is -0.0800. The average Bonchev–Trinajstić information content (AvgIpc) is 1.31. The van der Waals surface area contributed by atoms with Crippen molar-refractivity contribution in [1.82, 2.24) is 0 Å². The van der Waals surface area contributed by atoms with Gasteiger partial charge in [-0.2, -0.15) is 0 Å². The lowest BCUT2D eigenvalue weighted by atomic mass is 10.3. The summed E-state index contributed by atoms with van der Waals surface area (Å²) < 4.78 is 0. The van der Waals surface area contributed by atoms with Crippen LogP contribution in [0.2, 0.25) is 0 Å². The fraction of sp³-hybridized carbons (Fsp3) is 0.750. The lowest BCUT2D eigenvalue weighted by Gasteiger charge is -2.06. The van der Waals surface area contributed by atoms with Crippen molar-refractivity contribution in [3.8, 4) is 0 Å². The van der Waals surface area contributed by atoms with Crippen molar-refractivity contribution in [2.45, 2.75) is 18.9 Å². The molecule has 1 N–H and O–H groups in total. The molecular formula is C4H7ClO2. The highest BCUT2D eigenvalue weighted by molar-refractivity contribution is 6.33. The second kappa shape index (κ2) is 1.80. The highest BCUT2D eigenvalue weighted by atomic mass is 35.5. The Morgan fingerprint density at radius 1 is 1.86 bits per heavy atom. The molecule has 1 atom stereocenters. The van der Waals surface area contributed by atoms with E-state index in [4.69, 9.17) is 16.7 Å². The predicted octanol–water partition coefficient (Wildman–Crippen LogP) is 0.523. The quantitative estimate of drug-likeness (QED) is 0.515. The predicted molar refractivity (Wildman–Crippen MR) is 27.2 cm³/mol. The zero-order valence-corrected chi connectivity index (χ0v) is 4.99. The van der Waals surface area contributed by atoms with Crippen LogP contribution in [0.4, 0.5) is 0 Å². The SMILES string of the molecule is CC(=O)C(C)(O)Cl. The van der Waals surface area contributed by atoms with Crippen molar-refractivity contribution >= 4 is 17.4 Å². The third-order valence-corrected chi connectivity index (χ3v) is 0.909. The second-order valence-electron chi connectivity index (χ2n) is 1.51. The Morgan fingerprint density at radius 2 is 2.00 bits per heavy atom. The molecule has 0 aromatic carbocycles. The monoisotopic (exact) mass is 122 g/mol. The summed E-state index contributed by atoms with van der Waals surface area (Å²) in [4.78, 5) is 10.1. The fourth-order valence-corrected chi connectivity index (χ4v) is 0. The van der Waals surface area contributed by atoms with Crippen LogP contribution in [0.1, 0.15) is 13.8 Å². The van der Waals surface area contributed by atoms with Crippen LogP contribution in [0.3, 0.4) is 0 Å². The minimum absolute atomic E-state index is 0.436. The molecule has 3 heteroatoms. The summed E-state index contributed by atoms with van der Waals surface area (Å²) in [5.74, 6) is -0.436. The summed E-state index contributed by atoms with van der Waals surface area (Å²) >= 11 is 5.07. The molecule has 0 radical (unpaired) electrons. The molecule has 0 fully saturated rings. The second-order valence-corrected chi connectivity index (χ2v) is 2.25. The van der Waals surface area contributed by atoms with Crippen LogP contribution in [0.5, 0.6) is 0 Å². The number of ketones is 1. The van der Waals surface area contributed by atoms with E-state index in [1.807, 2.05) is 0 Å². The van der Waals surface area contributed by atoms with Crippen molar-refractivity contribution in [2.24, 2.45) is 0 Å². The minimum Gasteiger partial charge on any atom is -0.369 e. The number of hydrogen-bond acceptors (Lipinski definition) is 2. The first-order valence-corrected chi connectivity index (χ1v) is 2.24. The number of Topliss-reactive ketones (excluding diaryl/α,β-unsaturated/α-hetero) is 1. The summed E-state index contributed by atoms with van der Waals surface area (Å²) in [6.45, 7) is 2.46. The van der Waals surface area contributed by atoms with Gasteiger partial charge in [-0.15, -0.1) is 0 Å². The van der Waals surface area contributed by atoms with Crippen LogP contribution >= 0.6 is 11.6 Å². The number of hydrogen-bond donors (Lipinski definition) is 1. The van der Waals surface area contributed by atoms with E-state index in [9.17, 15) is 4.79 Å². The lowest BCUT2D eigenvalue weighted by molar-refractivity contribution is -0.126. The van der Waals surface area contributed by atoms with Crippen LogP contribution in [0.25, 0.3) is 0 Å². The molecule has 0 heterocycles. The maximum absolute atomic E-state index is 10.1. The first-order valence-electron chi connectivity index (χ1n) is 1.87. The summed E-state index contributed by atoms with van der Waals surface area (Å²) in [7, 11) is 0. The number of alkyl halides is 1. The van der Waals surface area contributed by atoms with Gasteiger partial charge in [0.25, 0.3) is 0 Å². The van der Waals surface area contributed by atoms with Gasteiger partial charge in [0.2, 0.25) is 0 Å². The van der Waals surface area contributed by atoms with E-state index in [0.717, 1.165) is 0 Å². The van der Waals surface area contributed by atoms with E-state index in [2.05, 4.69) is 0 Å². The highest BCUT2D eigenvalue weighted by Gasteiger charge is 2.20.